The number of aliphatic imine (C=N–C) groups is 1. The Hall–Kier alpha value is -0.810. The van der Waals surface area contributed by atoms with Gasteiger partial charge in [0.25, 0.3) is 0 Å². The Kier molecular flexibility index (Phi) is 4.83. The van der Waals surface area contributed by atoms with E-state index in [1.54, 1.807) is 7.11 Å². The Labute approximate surface area is 109 Å². The van der Waals surface area contributed by atoms with Crippen LogP contribution < -0.4 is 5.73 Å². The normalized spacial score (nSPS) is 30.5. The Morgan fingerprint density at radius 2 is 2.06 bits per heavy atom. The van der Waals surface area contributed by atoms with Gasteiger partial charge in [0.15, 0.2) is 5.96 Å². The van der Waals surface area contributed by atoms with Crippen molar-refractivity contribution in [3.8, 4) is 0 Å². The van der Waals surface area contributed by atoms with Crippen molar-refractivity contribution in [1.29, 1.82) is 0 Å². The first-order chi connectivity index (χ1) is 8.76. The number of ether oxygens (including phenoxy) is 2. The number of nitrogens with two attached hydrogens (primary N) is 1. The summed E-state index contributed by atoms with van der Waals surface area (Å²) in [5.74, 6) is 0.667. The molecule has 2 aliphatic rings. The lowest BCUT2D eigenvalue weighted by molar-refractivity contribution is -0.00918. The zero-order valence-corrected chi connectivity index (χ0v) is 11.4. The largest absolute Gasteiger partial charge is 0.378 e. The van der Waals surface area contributed by atoms with Crippen LogP contribution in [0.3, 0.4) is 0 Å². The minimum Gasteiger partial charge on any atom is -0.378 e. The van der Waals surface area contributed by atoms with Crippen molar-refractivity contribution < 1.29 is 9.47 Å². The highest BCUT2D eigenvalue weighted by molar-refractivity contribution is 5.78. The lowest BCUT2D eigenvalue weighted by atomic mass is 10.0. The molecule has 0 amide bonds. The van der Waals surface area contributed by atoms with Gasteiger partial charge in [0.2, 0.25) is 0 Å². The highest BCUT2D eigenvalue weighted by atomic mass is 16.5. The Bertz CT molecular complexity index is 280. The van der Waals surface area contributed by atoms with Gasteiger partial charge in [-0.15, -0.1) is 0 Å². The van der Waals surface area contributed by atoms with Crippen LogP contribution in [0.1, 0.15) is 32.1 Å². The molecule has 2 rings (SSSR count). The van der Waals surface area contributed by atoms with E-state index in [2.05, 4.69) is 9.89 Å². The monoisotopic (exact) mass is 255 g/mol. The van der Waals surface area contributed by atoms with Crippen molar-refractivity contribution in [2.45, 2.75) is 37.7 Å². The van der Waals surface area contributed by atoms with Gasteiger partial charge < -0.3 is 20.1 Å². The molecule has 2 aliphatic heterocycles. The molecule has 0 aliphatic carbocycles. The molecule has 0 saturated carbocycles. The fraction of sp³-hybridized carbons (Fsp3) is 0.923. The summed E-state index contributed by atoms with van der Waals surface area (Å²) in [4.78, 5) is 6.73. The molecule has 5 nitrogen and oxygen atoms in total. The van der Waals surface area contributed by atoms with Crippen LogP contribution in [0.5, 0.6) is 0 Å². The average Bonchev–Trinajstić information content (AvgIpc) is 2.70. The van der Waals surface area contributed by atoms with Crippen LogP contribution in [0, 0.1) is 0 Å². The molecule has 2 fully saturated rings. The molecule has 0 aromatic heterocycles. The first-order valence-electron chi connectivity index (χ1n) is 6.93. The van der Waals surface area contributed by atoms with Crippen LogP contribution in [0.15, 0.2) is 4.99 Å². The van der Waals surface area contributed by atoms with E-state index in [1.165, 1.54) is 25.7 Å². The second-order valence-corrected chi connectivity index (χ2v) is 5.27. The smallest absolute Gasteiger partial charge is 0.191 e. The first-order valence-corrected chi connectivity index (χ1v) is 6.93. The van der Waals surface area contributed by atoms with E-state index in [-0.39, 0.29) is 5.60 Å². The number of nitrogens with zero attached hydrogens (tertiary/aromatic N) is 2. The van der Waals surface area contributed by atoms with Crippen LogP contribution in [0.2, 0.25) is 0 Å². The fourth-order valence-electron chi connectivity index (χ4n) is 2.56. The van der Waals surface area contributed by atoms with E-state index in [0.717, 1.165) is 26.1 Å². The van der Waals surface area contributed by atoms with Gasteiger partial charge in [-0.1, -0.05) is 12.8 Å². The molecule has 1 atom stereocenters. The summed E-state index contributed by atoms with van der Waals surface area (Å²) < 4.78 is 11.0. The van der Waals surface area contributed by atoms with E-state index >= 15 is 0 Å². The molecule has 0 aromatic rings. The van der Waals surface area contributed by atoms with Gasteiger partial charge in [-0.2, -0.15) is 0 Å². The Balaban J connectivity index is 1.90. The Morgan fingerprint density at radius 3 is 2.61 bits per heavy atom. The fourth-order valence-corrected chi connectivity index (χ4v) is 2.56. The van der Waals surface area contributed by atoms with Crippen molar-refractivity contribution in [2.75, 3.05) is 40.0 Å². The van der Waals surface area contributed by atoms with Crippen molar-refractivity contribution in [3.05, 3.63) is 0 Å². The van der Waals surface area contributed by atoms with E-state index in [1.807, 2.05) is 0 Å². The summed E-state index contributed by atoms with van der Waals surface area (Å²) in [6.07, 6.45) is 5.95. The van der Waals surface area contributed by atoms with Gasteiger partial charge in [0, 0.05) is 33.2 Å². The summed E-state index contributed by atoms with van der Waals surface area (Å²) in [6, 6.07) is 0. The topological polar surface area (TPSA) is 60.1 Å². The zero-order valence-electron chi connectivity index (χ0n) is 11.4. The Morgan fingerprint density at radius 1 is 1.33 bits per heavy atom. The summed E-state index contributed by atoms with van der Waals surface area (Å²) in [5.41, 5.74) is 5.84. The summed E-state index contributed by atoms with van der Waals surface area (Å²) in [7, 11) is 1.73. The summed E-state index contributed by atoms with van der Waals surface area (Å²) in [5, 5.41) is 0. The van der Waals surface area contributed by atoms with E-state index in [0.29, 0.717) is 19.1 Å². The van der Waals surface area contributed by atoms with E-state index in [9.17, 15) is 0 Å². The van der Waals surface area contributed by atoms with Gasteiger partial charge in [-0.25, -0.2) is 0 Å². The van der Waals surface area contributed by atoms with E-state index < -0.39 is 0 Å². The molecule has 18 heavy (non-hydrogen) atoms. The number of rotatable bonds is 3. The van der Waals surface area contributed by atoms with Crippen LogP contribution in [0.4, 0.5) is 0 Å². The minimum absolute atomic E-state index is 0.254. The average molecular weight is 255 g/mol. The van der Waals surface area contributed by atoms with Crippen LogP contribution >= 0.6 is 0 Å². The van der Waals surface area contributed by atoms with Crippen molar-refractivity contribution in [2.24, 2.45) is 10.7 Å². The van der Waals surface area contributed by atoms with Crippen LogP contribution in [-0.2, 0) is 9.47 Å². The van der Waals surface area contributed by atoms with Gasteiger partial charge in [-0.05, 0) is 12.8 Å². The van der Waals surface area contributed by atoms with E-state index in [4.69, 9.17) is 15.2 Å². The molecule has 1 unspecified atom stereocenters. The third kappa shape index (κ3) is 3.36. The van der Waals surface area contributed by atoms with Gasteiger partial charge in [0.1, 0.15) is 5.60 Å². The molecule has 2 saturated heterocycles. The van der Waals surface area contributed by atoms with Crippen LogP contribution in [0.25, 0.3) is 0 Å². The quantitative estimate of drug-likeness (QED) is 0.603. The molecule has 2 N–H and O–H groups in total. The highest BCUT2D eigenvalue weighted by Gasteiger charge is 2.34. The molecular weight excluding hydrogens is 230 g/mol. The SMILES string of the molecule is COC1(CN=C(N)N2CCCCCC2)CCOC1. The second kappa shape index (κ2) is 6.38. The van der Waals surface area contributed by atoms with Gasteiger partial charge in [-0.3, -0.25) is 4.99 Å². The molecule has 0 bridgehead atoms. The maximum Gasteiger partial charge on any atom is 0.191 e. The standard InChI is InChI=1S/C13H25N3O2/c1-17-13(6-9-18-11-13)10-15-12(14)16-7-4-2-3-5-8-16/h2-11H2,1H3,(H2,14,15). The third-order valence-corrected chi connectivity index (χ3v) is 3.96. The minimum atomic E-state index is -0.254. The molecule has 104 valence electrons. The van der Waals surface area contributed by atoms with Gasteiger partial charge in [0.05, 0.1) is 13.2 Å². The summed E-state index contributed by atoms with van der Waals surface area (Å²) >= 11 is 0. The number of guanidine groups is 1. The predicted molar refractivity (Wildman–Crippen MR) is 71.7 cm³/mol. The number of hydrogen-bond acceptors (Lipinski definition) is 3. The maximum absolute atomic E-state index is 6.09. The lowest BCUT2D eigenvalue weighted by Gasteiger charge is -2.26. The number of likely N-dealkylation sites (tertiary alicyclic amines) is 1. The predicted octanol–water partition coefficient (Wildman–Crippen LogP) is 0.983. The second-order valence-electron chi connectivity index (χ2n) is 5.27. The molecule has 2 heterocycles. The highest BCUT2D eigenvalue weighted by Crippen LogP contribution is 2.22. The van der Waals surface area contributed by atoms with Crippen LogP contribution in [-0.4, -0.2) is 56.4 Å². The van der Waals surface area contributed by atoms with Crippen molar-refractivity contribution in [1.82, 2.24) is 4.90 Å². The molecular formula is C13H25N3O2. The molecule has 5 heteroatoms. The molecule has 0 aromatic carbocycles. The third-order valence-electron chi connectivity index (χ3n) is 3.96. The van der Waals surface area contributed by atoms with Gasteiger partial charge >= 0.3 is 0 Å². The van der Waals surface area contributed by atoms with Crippen molar-refractivity contribution in [3.63, 3.8) is 0 Å². The summed E-state index contributed by atoms with van der Waals surface area (Å²) in [6.45, 7) is 4.05. The number of hydrogen-bond donors (Lipinski definition) is 1. The van der Waals surface area contributed by atoms with Crippen molar-refractivity contribution >= 4 is 5.96 Å². The maximum atomic E-state index is 6.09. The molecule has 0 spiro atoms. The molecule has 0 radical (unpaired) electrons. The first kappa shape index (κ1) is 13.6. The lowest BCUT2D eigenvalue weighted by Crippen LogP contribution is -2.41. The number of methoxy groups -OCH3 is 1. The zero-order chi connectivity index (χ0) is 12.8.